The van der Waals surface area contributed by atoms with Gasteiger partial charge < -0.3 is 35.1 Å². The molecule has 50 heavy (non-hydrogen) atoms. The topological polar surface area (TPSA) is 101 Å². The molecule has 0 spiro atoms. The lowest BCUT2D eigenvalue weighted by atomic mass is 9.94. The summed E-state index contributed by atoms with van der Waals surface area (Å²) in [5.74, 6) is 0.651. The van der Waals surface area contributed by atoms with Crippen LogP contribution in [0.2, 0.25) is 5.02 Å². The Morgan fingerprint density at radius 3 is 2.50 bits per heavy atom. The third-order valence-corrected chi connectivity index (χ3v) is 9.26. The summed E-state index contributed by atoms with van der Waals surface area (Å²) in [6.07, 6.45) is 2.76. The number of carbonyl (C=O) groups excluding carboxylic acids is 2. The fraction of sp³-hybridized carbons (Fsp3) is 0.500. The largest absolute Gasteiger partial charge is 0.492 e. The summed E-state index contributed by atoms with van der Waals surface area (Å²) < 4.78 is 19.0. The van der Waals surface area contributed by atoms with E-state index >= 15 is 0 Å². The average Bonchev–Trinajstić information content (AvgIpc) is 3.19. The summed E-state index contributed by atoms with van der Waals surface area (Å²) in [5, 5.41) is 10.5. The number of amides is 2. The predicted octanol–water partition coefficient (Wildman–Crippen LogP) is 6.47. The maximum atomic E-state index is 14.4. The van der Waals surface area contributed by atoms with Gasteiger partial charge in [0.2, 0.25) is 5.91 Å². The number of aryl methyl sites for hydroxylation is 1. The van der Waals surface area contributed by atoms with E-state index in [0.29, 0.717) is 40.9 Å². The van der Waals surface area contributed by atoms with Gasteiger partial charge in [0.05, 0.1) is 20.1 Å². The number of anilines is 1. The molecule has 2 aliphatic heterocycles. The molecule has 2 aliphatic rings. The Morgan fingerprint density at radius 1 is 1.00 bits per heavy atom. The van der Waals surface area contributed by atoms with Crippen LogP contribution in [0, 0.1) is 5.41 Å². The van der Waals surface area contributed by atoms with Crippen molar-refractivity contribution in [3.05, 3.63) is 88.4 Å². The van der Waals surface area contributed by atoms with Gasteiger partial charge in [-0.1, -0.05) is 74.8 Å². The van der Waals surface area contributed by atoms with Crippen LogP contribution < -0.4 is 30.3 Å². The molecule has 1 saturated heterocycles. The van der Waals surface area contributed by atoms with Crippen molar-refractivity contribution >= 4 is 29.1 Å². The number of nitrogens with zero attached hydrogens (tertiary/aromatic N) is 1. The van der Waals surface area contributed by atoms with Gasteiger partial charge >= 0.3 is 0 Å². The second-order valence-corrected chi connectivity index (χ2v) is 14.8. The molecule has 0 bridgehead atoms. The van der Waals surface area contributed by atoms with Gasteiger partial charge in [0.25, 0.3) is 5.91 Å². The Labute approximate surface area is 302 Å². The zero-order valence-corrected chi connectivity index (χ0v) is 30.7. The fourth-order valence-corrected chi connectivity index (χ4v) is 6.82. The SMILES string of the molecule is COc1c(OCCCNCCCc2ccccc2)cccc1[C@@H]1O[C@@H](CC(=O)NC2CCNCC2)C(=O)N(CC(C)(C)C)c2ccc(Cl)cc21. The first kappa shape index (κ1) is 37.6. The molecule has 10 heteroatoms. The van der Waals surface area contributed by atoms with Crippen molar-refractivity contribution in [3.63, 3.8) is 0 Å². The number of methoxy groups -OCH3 is 1. The molecule has 270 valence electrons. The van der Waals surface area contributed by atoms with E-state index in [4.69, 9.17) is 25.8 Å². The van der Waals surface area contributed by atoms with Crippen molar-refractivity contribution in [3.8, 4) is 11.5 Å². The lowest BCUT2D eigenvalue weighted by Gasteiger charge is -2.31. The van der Waals surface area contributed by atoms with Crippen LogP contribution in [0.5, 0.6) is 11.5 Å². The van der Waals surface area contributed by atoms with Crippen LogP contribution in [0.4, 0.5) is 5.69 Å². The molecule has 5 rings (SSSR count). The minimum atomic E-state index is -1.03. The highest BCUT2D eigenvalue weighted by Crippen LogP contribution is 2.45. The van der Waals surface area contributed by atoms with Gasteiger partial charge in [-0.3, -0.25) is 9.59 Å². The lowest BCUT2D eigenvalue weighted by Crippen LogP contribution is -2.47. The number of benzene rings is 3. The quantitative estimate of drug-likeness (QED) is 0.156. The van der Waals surface area contributed by atoms with Crippen LogP contribution in [0.25, 0.3) is 0 Å². The minimum Gasteiger partial charge on any atom is -0.492 e. The van der Waals surface area contributed by atoms with Gasteiger partial charge in [0.1, 0.15) is 12.2 Å². The number of para-hydroxylation sites is 1. The number of hydrogen-bond acceptors (Lipinski definition) is 7. The molecular formula is C40H53ClN4O5. The third kappa shape index (κ3) is 10.4. The van der Waals surface area contributed by atoms with Crippen LogP contribution in [-0.2, 0) is 20.7 Å². The summed E-state index contributed by atoms with van der Waals surface area (Å²) in [7, 11) is 1.61. The highest BCUT2D eigenvalue weighted by atomic mass is 35.5. The predicted molar refractivity (Wildman–Crippen MR) is 199 cm³/mol. The number of nitrogens with one attached hydrogen (secondary N) is 3. The van der Waals surface area contributed by atoms with E-state index in [9.17, 15) is 9.59 Å². The lowest BCUT2D eigenvalue weighted by molar-refractivity contribution is -0.138. The molecule has 9 nitrogen and oxygen atoms in total. The molecule has 0 saturated carbocycles. The first-order chi connectivity index (χ1) is 24.1. The highest BCUT2D eigenvalue weighted by molar-refractivity contribution is 6.30. The highest BCUT2D eigenvalue weighted by Gasteiger charge is 2.40. The van der Waals surface area contributed by atoms with E-state index in [0.717, 1.165) is 63.8 Å². The van der Waals surface area contributed by atoms with Crippen molar-refractivity contribution in [1.29, 1.82) is 0 Å². The van der Waals surface area contributed by atoms with Gasteiger partial charge in [-0.05, 0) is 93.5 Å². The van der Waals surface area contributed by atoms with Crippen LogP contribution in [-0.4, -0.2) is 70.4 Å². The number of hydrogen-bond donors (Lipinski definition) is 3. The van der Waals surface area contributed by atoms with Gasteiger partial charge in [-0.15, -0.1) is 0 Å². The van der Waals surface area contributed by atoms with Crippen molar-refractivity contribution in [2.24, 2.45) is 5.41 Å². The van der Waals surface area contributed by atoms with E-state index in [1.165, 1.54) is 5.56 Å². The molecule has 2 heterocycles. The number of ether oxygens (including phenoxy) is 3. The molecule has 0 unspecified atom stereocenters. The maximum absolute atomic E-state index is 14.4. The number of fused-ring (bicyclic) bond motifs is 1. The van der Waals surface area contributed by atoms with Crippen LogP contribution in [0.15, 0.2) is 66.7 Å². The van der Waals surface area contributed by atoms with Crippen molar-refractivity contribution in [2.75, 3.05) is 51.3 Å². The summed E-state index contributed by atoms with van der Waals surface area (Å²) in [6.45, 7) is 10.7. The first-order valence-corrected chi connectivity index (χ1v) is 18.3. The number of rotatable bonds is 15. The Kier molecular flexibility index (Phi) is 13.6. The summed E-state index contributed by atoms with van der Waals surface area (Å²) in [6, 6.07) is 21.8. The Morgan fingerprint density at radius 2 is 1.76 bits per heavy atom. The Balaban J connectivity index is 1.34. The molecule has 2 amide bonds. The van der Waals surface area contributed by atoms with Crippen LogP contribution in [0.1, 0.15) is 75.7 Å². The second kappa shape index (κ2) is 18.0. The Bertz CT molecular complexity index is 1560. The fourth-order valence-electron chi connectivity index (χ4n) is 6.64. The van der Waals surface area contributed by atoms with Crippen molar-refractivity contribution < 1.29 is 23.8 Å². The van der Waals surface area contributed by atoms with Crippen molar-refractivity contribution in [1.82, 2.24) is 16.0 Å². The minimum absolute atomic E-state index is 0.0699. The van der Waals surface area contributed by atoms with Gasteiger partial charge in [-0.2, -0.15) is 0 Å². The summed E-state index contributed by atoms with van der Waals surface area (Å²) in [5.41, 5.74) is 3.25. The smallest absolute Gasteiger partial charge is 0.256 e. The normalized spacial score (nSPS) is 18.3. The molecule has 3 aromatic rings. The third-order valence-electron chi connectivity index (χ3n) is 9.03. The van der Waals surface area contributed by atoms with E-state index in [1.54, 1.807) is 18.1 Å². The van der Waals surface area contributed by atoms with E-state index in [2.05, 4.69) is 61.0 Å². The molecule has 0 radical (unpaired) electrons. The van der Waals surface area contributed by atoms with E-state index < -0.39 is 12.2 Å². The average molecular weight is 705 g/mol. The second-order valence-electron chi connectivity index (χ2n) is 14.4. The zero-order valence-electron chi connectivity index (χ0n) is 29.9. The van der Waals surface area contributed by atoms with Crippen LogP contribution >= 0.6 is 11.6 Å². The molecule has 1 fully saturated rings. The van der Waals surface area contributed by atoms with E-state index in [-0.39, 0.29) is 29.7 Å². The molecule has 0 aliphatic carbocycles. The monoisotopic (exact) mass is 704 g/mol. The van der Waals surface area contributed by atoms with E-state index in [1.807, 2.05) is 36.4 Å². The van der Waals surface area contributed by atoms with Crippen molar-refractivity contribution in [2.45, 2.75) is 77.5 Å². The number of carbonyl (C=O) groups is 2. The number of halogens is 1. The molecule has 0 aromatic heterocycles. The van der Waals surface area contributed by atoms with Gasteiger partial charge in [0.15, 0.2) is 11.5 Å². The molecule has 3 N–H and O–H groups in total. The Hall–Kier alpha value is -3.63. The summed E-state index contributed by atoms with van der Waals surface area (Å²) in [4.78, 5) is 29.5. The first-order valence-electron chi connectivity index (χ1n) is 17.9. The van der Waals surface area contributed by atoms with Gasteiger partial charge in [-0.25, -0.2) is 0 Å². The number of piperidine rings is 1. The molecule has 2 atom stereocenters. The standard InChI is InChI=1S/C40H53ClN4O5/c1-40(2,3)27-45-33-17-16-29(41)25-32(33)37(50-35(39(45)47)26-36(46)44-30-18-22-43-23-19-30)31-14-8-15-34(38(31)48-4)49-24-10-21-42-20-9-13-28-11-6-5-7-12-28/h5-8,11-12,14-17,25,30,35,37,42-43H,9-10,13,18-24,26-27H2,1-4H3,(H,44,46)/t35-,37-/m0/s1. The summed E-state index contributed by atoms with van der Waals surface area (Å²) >= 11 is 6.60. The molecular weight excluding hydrogens is 652 g/mol. The van der Waals surface area contributed by atoms with Crippen LogP contribution in [0.3, 0.4) is 0 Å². The zero-order chi connectivity index (χ0) is 35.5. The van der Waals surface area contributed by atoms with Gasteiger partial charge in [0, 0.05) is 34.4 Å². The molecule has 3 aromatic carbocycles. The maximum Gasteiger partial charge on any atom is 0.256 e.